The molecule has 3 nitrogen and oxygen atoms in total. The van der Waals surface area contributed by atoms with E-state index < -0.39 is 6.10 Å². The molecule has 0 radical (unpaired) electrons. The molecule has 1 aromatic rings. The van der Waals surface area contributed by atoms with Crippen LogP contribution in [0.15, 0.2) is 18.2 Å². The molecule has 1 fully saturated rings. The number of hydrogen-bond acceptors (Lipinski definition) is 3. The Bertz CT molecular complexity index is 375. The highest BCUT2D eigenvalue weighted by atomic mass is 16.5. The minimum atomic E-state index is -0.508. The summed E-state index contributed by atoms with van der Waals surface area (Å²) in [4.78, 5) is 0. The largest absolute Gasteiger partial charge is 0.496 e. The van der Waals surface area contributed by atoms with Crippen molar-refractivity contribution in [3.63, 3.8) is 0 Å². The molecule has 0 aromatic heterocycles. The fourth-order valence-electron chi connectivity index (χ4n) is 3.05. The maximum atomic E-state index is 10.4. The van der Waals surface area contributed by atoms with E-state index in [0.717, 1.165) is 24.3 Å². The Kier molecular flexibility index (Phi) is 5.08. The molecule has 19 heavy (non-hydrogen) atoms. The quantitative estimate of drug-likeness (QED) is 0.851. The van der Waals surface area contributed by atoms with E-state index >= 15 is 0 Å². The van der Waals surface area contributed by atoms with Gasteiger partial charge in [-0.2, -0.15) is 0 Å². The molecule has 1 aliphatic rings. The third-order valence-corrected chi connectivity index (χ3v) is 4.12. The highest BCUT2D eigenvalue weighted by Crippen LogP contribution is 2.38. The van der Waals surface area contributed by atoms with Gasteiger partial charge in [-0.15, -0.1) is 0 Å². The van der Waals surface area contributed by atoms with Crippen LogP contribution in [0.1, 0.15) is 50.2 Å². The van der Waals surface area contributed by atoms with Gasteiger partial charge in [0.25, 0.3) is 0 Å². The van der Waals surface area contributed by atoms with Crippen molar-refractivity contribution in [3.05, 3.63) is 23.8 Å². The predicted molar refractivity (Wildman–Crippen MR) is 75.7 cm³/mol. The molecule has 3 heteroatoms. The monoisotopic (exact) mass is 264 g/mol. The first-order valence-corrected chi connectivity index (χ1v) is 7.15. The summed E-state index contributed by atoms with van der Waals surface area (Å²) in [6, 6.07) is 5.62. The molecule has 0 aliphatic heterocycles. The lowest BCUT2D eigenvalue weighted by molar-refractivity contribution is 0.149. The van der Waals surface area contributed by atoms with Gasteiger partial charge in [0.1, 0.15) is 11.5 Å². The molecule has 1 atom stereocenters. The molecule has 106 valence electrons. The molecule has 1 saturated carbocycles. The summed E-state index contributed by atoms with van der Waals surface area (Å²) < 4.78 is 10.7. The molecule has 1 unspecified atom stereocenters. The van der Waals surface area contributed by atoms with Crippen LogP contribution in [0.5, 0.6) is 11.5 Å². The van der Waals surface area contributed by atoms with Gasteiger partial charge >= 0.3 is 0 Å². The fourth-order valence-corrected chi connectivity index (χ4v) is 3.05. The van der Waals surface area contributed by atoms with Gasteiger partial charge in [0, 0.05) is 0 Å². The van der Waals surface area contributed by atoms with Crippen molar-refractivity contribution >= 4 is 0 Å². The van der Waals surface area contributed by atoms with Crippen LogP contribution in [0, 0.1) is 5.92 Å². The topological polar surface area (TPSA) is 38.7 Å². The van der Waals surface area contributed by atoms with Crippen LogP contribution in [0.3, 0.4) is 0 Å². The van der Waals surface area contributed by atoms with Crippen molar-refractivity contribution in [1.29, 1.82) is 0 Å². The molecule has 2 rings (SSSR count). The number of aliphatic hydroxyl groups excluding tert-OH is 1. The number of benzene rings is 1. The number of methoxy groups -OCH3 is 2. The second kappa shape index (κ2) is 6.80. The van der Waals surface area contributed by atoms with E-state index in [2.05, 4.69) is 0 Å². The molecule has 1 N–H and O–H groups in total. The van der Waals surface area contributed by atoms with Gasteiger partial charge in [-0.05, 0) is 30.9 Å². The lowest BCUT2D eigenvalue weighted by Gasteiger charge is -2.19. The molecule has 0 spiro atoms. The van der Waals surface area contributed by atoms with Gasteiger partial charge < -0.3 is 14.6 Å². The third-order valence-electron chi connectivity index (χ3n) is 4.12. The van der Waals surface area contributed by atoms with E-state index in [1.807, 2.05) is 18.2 Å². The maximum Gasteiger partial charge on any atom is 0.128 e. The van der Waals surface area contributed by atoms with E-state index in [9.17, 15) is 5.11 Å². The lowest BCUT2D eigenvalue weighted by Crippen LogP contribution is -2.05. The van der Waals surface area contributed by atoms with Crippen LogP contribution in [0.4, 0.5) is 0 Å². The summed E-state index contributed by atoms with van der Waals surface area (Å²) in [7, 11) is 3.25. The standard InChI is InChI=1S/C16H24O3/c1-18-14-8-5-9-15(19-2)16(14)13(17)11-10-12-6-3-4-7-12/h5,8-9,12-13,17H,3-4,6-7,10-11H2,1-2H3. The summed E-state index contributed by atoms with van der Waals surface area (Å²) >= 11 is 0. The normalized spacial score (nSPS) is 17.4. The van der Waals surface area contributed by atoms with Crippen LogP contribution in [0.2, 0.25) is 0 Å². The van der Waals surface area contributed by atoms with Gasteiger partial charge in [-0.25, -0.2) is 0 Å². The second-order valence-corrected chi connectivity index (χ2v) is 5.32. The fraction of sp³-hybridized carbons (Fsp3) is 0.625. The first kappa shape index (κ1) is 14.2. The molecular weight excluding hydrogens is 240 g/mol. The highest BCUT2D eigenvalue weighted by molar-refractivity contribution is 5.46. The van der Waals surface area contributed by atoms with Gasteiger partial charge in [-0.3, -0.25) is 0 Å². The van der Waals surface area contributed by atoms with Gasteiger partial charge in [0.05, 0.1) is 25.9 Å². The molecule has 0 heterocycles. The number of ether oxygens (including phenoxy) is 2. The second-order valence-electron chi connectivity index (χ2n) is 5.32. The Morgan fingerprint density at radius 1 is 1.16 bits per heavy atom. The van der Waals surface area contributed by atoms with E-state index in [-0.39, 0.29) is 0 Å². The zero-order chi connectivity index (χ0) is 13.7. The van der Waals surface area contributed by atoms with Crippen LogP contribution in [-0.2, 0) is 0 Å². The first-order valence-electron chi connectivity index (χ1n) is 7.15. The van der Waals surface area contributed by atoms with Crippen LogP contribution >= 0.6 is 0 Å². The highest BCUT2D eigenvalue weighted by Gasteiger charge is 2.21. The van der Waals surface area contributed by atoms with E-state index in [4.69, 9.17) is 9.47 Å². The molecule has 0 amide bonds. The molecule has 0 saturated heterocycles. The summed E-state index contributed by atoms with van der Waals surface area (Å²) in [5, 5.41) is 10.4. The Balaban J connectivity index is 2.05. The van der Waals surface area contributed by atoms with E-state index in [1.54, 1.807) is 14.2 Å². The average Bonchev–Trinajstić information content (AvgIpc) is 2.97. The number of hydrogen-bond donors (Lipinski definition) is 1. The Hall–Kier alpha value is -1.22. The molecule has 1 aromatic carbocycles. The van der Waals surface area contributed by atoms with Crippen LogP contribution in [-0.4, -0.2) is 19.3 Å². The Labute approximate surface area is 115 Å². The van der Waals surface area contributed by atoms with Gasteiger partial charge in [-0.1, -0.05) is 31.7 Å². The summed E-state index contributed by atoms with van der Waals surface area (Å²) in [5.41, 5.74) is 0.783. The Morgan fingerprint density at radius 2 is 1.74 bits per heavy atom. The third kappa shape index (κ3) is 3.41. The van der Waals surface area contributed by atoms with Crippen molar-refractivity contribution in [1.82, 2.24) is 0 Å². The molecule has 0 bridgehead atoms. The lowest BCUT2D eigenvalue weighted by atomic mass is 9.95. The summed E-state index contributed by atoms with van der Waals surface area (Å²) in [5.74, 6) is 2.20. The minimum Gasteiger partial charge on any atom is -0.496 e. The number of aliphatic hydroxyl groups is 1. The first-order chi connectivity index (χ1) is 9.26. The summed E-state index contributed by atoms with van der Waals surface area (Å²) in [6.45, 7) is 0. The summed E-state index contributed by atoms with van der Waals surface area (Å²) in [6.07, 6.45) is 6.68. The minimum absolute atomic E-state index is 0.508. The van der Waals surface area contributed by atoms with E-state index in [1.165, 1.54) is 25.7 Å². The smallest absolute Gasteiger partial charge is 0.128 e. The Morgan fingerprint density at radius 3 is 2.26 bits per heavy atom. The number of rotatable bonds is 6. The maximum absolute atomic E-state index is 10.4. The van der Waals surface area contributed by atoms with Crippen molar-refractivity contribution < 1.29 is 14.6 Å². The zero-order valence-corrected chi connectivity index (χ0v) is 11.9. The SMILES string of the molecule is COc1cccc(OC)c1C(O)CCC1CCCC1. The average molecular weight is 264 g/mol. The molecule has 1 aliphatic carbocycles. The van der Waals surface area contributed by atoms with Crippen LogP contribution < -0.4 is 9.47 Å². The zero-order valence-electron chi connectivity index (χ0n) is 11.9. The van der Waals surface area contributed by atoms with Crippen LogP contribution in [0.25, 0.3) is 0 Å². The van der Waals surface area contributed by atoms with Gasteiger partial charge in [0.2, 0.25) is 0 Å². The van der Waals surface area contributed by atoms with E-state index in [0.29, 0.717) is 11.5 Å². The molecular formula is C16H24O3. The van der Waals surface area contributed by atoms with Crippen molar-refractivity contribution in [2.45, 2.75) is 44.6 Å². The van der Waals surface area contributed by atoms with Crippen molar-refractivity contribution in [3.8, 4) is 11.5 Å². The van der Waals surface area contributed by atoms with Gasteiger partial charge in [0.15, 0.2) is 0 Å². The van der Waals surface area contributed by atoms with Crippen molar-refractivity contribution in [2.75, 3.05) is 14.2 Å². The van der Waals surface area contributed by atoms with Crippen molar-refractivity contribution in [2.24, 2.45) is 5.92 Å². The predicted octanol–water partition coefficient (Wildman–Crippen LogP) is 3.71.